The Labute approximate surface area is 123 Å². The van der Waals surface area contributed by atoms with Crippen LogP contribution in [-0.4, -0.2) is 33.8 Å². The first-order valence-corrected chi connectivity index (χ1v) is 7.60. The average molecular weight is 290 g/mol. The largest absolute Gasteiger partial charge is 0.387 e. The molecule has 5 heteroatoms. The minimum Gasteiger partial charge on any atom is -0.387 e. The van der Waals surface area contributed by atoms with Crippen LogP contribution in [-0.2, 0) is 11.3 Å². The van der Waals surface area contributed by atoms with Crippen molar-refractivity contribution in [3.05, 3.63) is 59.4 Å². The Morgan fingerprint density at radius 2 is 2.10 bits per heavy atom. The number of aryl methyl sites for hydroxylation is 1. The van der Waals surface area contributed by atoms with Crippen LogP contribution in [0.2, 0.25) is 0 Å². The Morgan fingerprint density at radius 1 is 1.30 bits per heavy atom. The molecule has 0 radical (unpaired) electrons. The van der Waals surface area contributed by atoms with Gasteiger partial charge in [0.25, 0.3) is 0 Å². The van der Waals surface area contributed by atoms with E-state index in [4.69, 9.17) is 4.84 Å². The number of thioether (sulfide) groups is 1. The van der Waals surface area contributed by atoms with E-state index in [1.54, 1.807) is 23.9 Å². The molecule has 106 valence electrons. The van der Waals surface area contributed by atoms with E-state index in [9.17, 15) is 5.11 Å². The van der Waals surface area contributed by atoms with Crippen LogP contribution in [0.4, 0.5) is 0 Å². The van der Waals surface area contributed by atoms with Crippen molar-refractivity contribution in [3.63, 3.8) is 0 Å². The molecule has 0 saturated heterocycles. The number of rotatable bonds is 5. The number of hydroxylamine groups is 2. The van der Waals surface area contributed by atoms with Crippen molar-refractivity contribution < 1.29 is 9.94 Å². The maximum Gasteiger partial charge on any atom is 0.182 e. The fraction of sp³-hybridized carbons (Fsp3) is 0.333. The lowest BCUT2D eigenvalue weighted by atomic mass is 10.1. The quantitative estimate of drug-likeness (QED) is 0.901. The summed E-state index contributed by atoms with van der Waals surface area (Å²) in [5.74, 6) is 0. The summed E-state index contributed by atoms with van der Waals surface area (Å²) in [6.45, 7) is 0. The fourth-order valence-corrected chi connectivity index (χ4v) is 3.57. The maximum atomic E-state index is 10.4. The van der Waals surface area contributed by atoms with Crippen LogP contribution >= 0.6 is 11.8 Å². The van der Waals surface area contributed by atoms with Gasteiger partial charge in [-0.3, -0.25) is 4.84 Å². The zero-order valence-corrected chi connectivity index (χ0v) is 12.2. The molecule has 20 heavy (non-hydrogen) atoms. The monoisotopic (exact) mass is 290 g/mol. The van der Waals surface area contributed by atoms with Crippen LogP contribution in [0.5, 0.6) is 0 Å². The van der Waals surface area contributed by atoms with Gasteiger partial charge < -0.3 is 10.0 Å². The molecule has 2 heterocycles. The van der Waals surface area contributed by atoms with E-state index in [1.807, 2.05) is 36.0 Å². The molecule has 0 aliphatic carbocycles. The Kier molecular flexibility index (Phi) is 4.00. The van der Waals surface area contributed by atoms with E-state index < -0.39 is 6.10 Å². The summed E-state index contributed by atoms with van der Waals surface area (Å²) in [7, 11) is 1.65. The molecular weight excluding hydrogens is 272 g/mol. The highest BCUT2D eigenvalue weighted by Crippen LogP contribution is 2.39. The lowest BCUT2D eigenvalue weighted by Gasteiger charge is -2.27. The summed E-state index contributed by atoms with van der Waals surface area (Å²) in [5.41, 5.74) is 2.29. The maximum absolute atomic E-state index is 10.4. The Balaban J connectivity index is 1.59. The second-order valence-electron chi connectivity index (χ2n) is 4.79. The molecule has 2 atom stereocenters. The van der Waals surface area contributed by atoms with Gasteiger partial charge in [0.1, 0.15) is 0 Å². The summed E-state index contributed by atoms with van der Waals surface area (Å²) in [5, 5.41) is 14.2. The van der Waals surface area contributed by atoms with E-state index in [1.165, 1.54) is 5.56 Å². The molecule has 0 amide bonds. The lowest BCUT2D eigenvalue weighted by molar-refractivity contribution is -0.107. The SMILES string of the molecule is CON1C=CN2C(C(O)CCc3ccccc3)=CSC12. The molecule has 3 rings (SSSR count). The lowest BCUT2D eigenvalue weighted by Crippen LogP contribution is -2.34. The number of benzene rings is 1. The predicted octanol–water partition coefficient (Wildman–Crippen LogP) is 2.50. The van der Waals surface area contributed by atoms with Gasteiger partial charge in [-0.05, 0) is 23.8 Å². The van der Waals surface area contributed by atoms with Gasteiger partial charge in [0.15, 0.2) is 5.50 Å². The standard InChI is InChI=1S/C15H18N2O2S/c1-19-17-10-9-16-13(11-20-15(16)17)14(18)8-7-12-5-3-2-4-6-12/h2-6,9-11,14-15,18H,7-8H2,1H3. The van der Waals surface area contributed by atoms with Crippen LogP contribution < -0.4 is 0 Å². The number of nitrogens with zero attached hydrogens (tertiary/aromatic N) is 2. The van der Waals surface area contributed by atoms with Gasteiger partial charge in [-0.2, -0.15) is 0 Å². The van der Waals surface area contributed by atoms with Gasteiger partial charge in [0.2, 0.25) is 0 Å². The number of hydrogen-bond acceptors (Lipinski definition) is 5. The van der Waals surface area contributed by atoms with Crippen molar-refractivity contribution in [1.29, 1.82) is 0 Å². The van der Waals surface area contributed by atoms with Crippen molar-refractivity contribution in [2.75, 3.05) is 7.11 Å². The van der Waals surface area contributed by atoms with E-state index in [0.29, 0.717) is 0 Å². The highest BCUT2D eigenvalue weighted by atomic mass is 32.2. The fourth-order valence-electron chi connectivity index (χ4n) is 2.44. The van der Waals surface area contributed by atoms with Crippen molar-refractivity contribution in [1.82, 2.24) is 9.96 Å². The van der Waals surface area contributed by atoms with Crippen LogP contribution in [0.25, 0.3) is 0 Å². The zero-order valence-electron chi connectivity index (χ0n) is 11.3. The molecule has 1 N–H and O–H groups in total. The van der Waals surface area contributed by atoms with E-state index in [-0.39, 0.29) is 5.50 Å². The molecule has 0 aromatic heterocycles. The summed E-state index contributed by atoms with van der Waals surface area (Å²) in [6, 6.07) is 10.3. The topological polar surface area (TPSA) is 35.9 Å². The smallest absolute Gasteiger partial charge is 0.182 e. The molecule has 1 aromatic carbocycles. The molecule has 2 aliphatic rings. The van der Waals surface area contributed by atoms with Crippen molar-refractivity contribution >= 4 is 11.8 Å². The van der Waals surface area contributed by atoms with Crippen molar-refractivity contribution in [2.24, 2.45) is 0 Å². The van der Waals surface area contributed by atoms with E-state index in [0.717, 1.165) is 18.5 Å². The summed E-state index contributed by atoms with van der Waals surface area (Å²) in [4.78, 5) is 7.31. The van der Waals surface area contributed by atoms with Gasteiger partial charge in [0, 0.05) is 12.4 Å². The molecule has 0 spiro atoms. The van der Waals surface area contributed by atoms with Gasteiger partial charge in [0.05, 0.1) is 18.9 Å². The van der Waals surface area contributed by atoms with E-state index >= 15 is 0 Å². The van der Waals surface area contributed by atoms with Gasteiger partial charge in [-0.15, -0.1) is 0 Å². The molecule has 1 aromatic rings. The number of aliphatic hydroxyl groups is 1. The van der Waals surface area contributed by atoms with Gasteiger partial charge in [-0.1, -0.05) is 42.1 Å². The third kappa shape index (κ3) is 2.57. The Hall–Kier alpha value is -1.43. The predicted molar refractivity (Wildman–Crippen MR) is 80.1 cm³/mol. The normalized spacial score (nSPS) is 22.1. The highest BCUT2D eigenvalue weighted by molar-refractivity contribution is 8.02. The highest BCUT2D eigenvalue weighted by Gasteiger charge is 2.36. The minimum atomic E-state index is -0.450. The molecule has 2 unspecified atom stereocenters. The molecule has 0 fully saturated rings. The van der Waals surface area contributed by atoms with Crippen LogP contribution in [0.1, 0.15) is 12.0 Å². The van der Waals surface area contributed by atoms with Crippen LogP contribution in [0, 0.1) is 0 Å². The molecule has 4 nitrogen and oxygen atoms in total. The minimum absolute atomic E-state index is 0.0846. The van der Waals surface area contributed by atoms with E-state index in [2.05, 4.69) is 17.0 Å². The first-order valence-electron chi connectivity index (χ1n) is 6.66. The van der Waals surface area contributed by atoms with Crippen LogP contribution in [0.15, 0.2) is 53.8 Å². The van der Waals surface area contributed by atoms with Crippen molar-refractivity contribution in [2.45, 2.75) is 24.4 Å². The second-order valence-corrected chi connectivity index (χ2v) is 5.72. The van der Waals surface area contributed by atoms with Crippen LogP contribution in [0.3, 0.4) is 0 Å². The Morgan fingerprint density at radius 3 is 2.85 bits per heavy atom. The molecule has 0 saturated carbocycles. The van der Waals surface area contributed by atoms with Gasteiger partial charge in [-0.25, -0.2) is 5.06 Å². The number of aliphatic hydroxyl groups excluding tert-OH is 1. The number of fused-ring (bicyclic) bond motifs is 1. The summed E-state index contributed by atoms with van der Waals surface area (Å²) < 4.78 is 0. The first kappa shape index (κ1) is 13.5. The third-order valence-electron chi connectivity index (χ3n) is 3.54. The van der Waals surface area contributed by atoms with Gasteiger partial charge >= 0.3 is 0 Å². The molecular formula is C15H18N2O2S. The molecule has 0 bridgehead atoms. The van der Waals surface area contributed by atoms with Crippen molar-refractivity contribution in [3.8, 4) is 0 Å². The second kappa shape index (κ2) is 5.91. The zero-order chi connectivity index (χ0) is 13.9. The first-order chi connectivity index (χ1) is 9.79. The summed E-state index contributed by atoms with van der Waals surface area (Å²) >= 11 is 1.65. The molecule has 2 aliphatic heterocycles. The number of hydrogen-bond donors (Lipinski definition) is 1. The third-order valence-corrected chi connectivity index (χ3v) is 4.60. The average Bonchev–Trinajstić information content (AvgIpc) is 3.07. The summed E-state index contributed by atoms with van der Waals surface area (Å²) in [6.07, 6.45) is 4.98. The Bertz CT molecular complexity index is 518.